The monoisotopic (exact) mass is 465 g/mol. The Balaban J connectivity index is 1.71. The van der Waals surface area contributed by atoms with Gasteiger partial charge in [-0.05, 0) is 37.6 Å². The van der Waals surface area contributed by atoms with Gasteiger partial charge in [0.05, 0.1) is 11.9 Å². The SMILES string of the molecule is CC1COc2cnc(/C(F)=C/c3ccc(F)c(C4(C)CS(=O)(=O)N(C)C(N)=N4)c3)nc2O1. The summed E-state index contributed by atoms with van der Waals surface area (Å²) in [7, 11) is -2.53. The second kappa shape index (κ2) is 7.69. The molecule has 0 bridgehead atoms. The number of ether oxygens (including phenoxy) is 2. The first kappa shape index (κ1) is 21.9. The molecule has 0 fully saturated rings. The molecule has 2 aliphatic rings. The molecule has 0 aliphatic carbocycles. The van der Waals surface area contributed by atoms with Gasteiger partial charge in [0.1, 0.15) is 24.1 Å². The normalized spacial score (nSPS) is 24.8. The molecular weight excluding hydrogens is 444 g/mol. The van der Waals surface area contributed by atoms with Crippen LogP contribution in [-0.2, 0) is 15.6 Å². The van der Waals surface area contributed by atoms with Crippen molar-refractivity contribution in [3.63, 3.8) is 0 Å². The van der Waals surface area contributed by atoms with E-state index in [1.807, 2.05) is 0 Å². The molecule has 1 aromatic carbocycles. The van der Waals surface area contributed by atoms with Crippen LogP contribution in [0.15, 0.2) is 29.4 Å². The van der Waals surface area contributed by atoms with Crippen molar-refractivity contribution in [1.82, 2.24) is 14.3 Å². The standard InChI is InChI=1S/C20H21F2N5O4S/c1-11-9-30-16-8-24-17(25-18(16)31-11)15(22)7-12-4-5-14(21)13(6-12)20(2)10-32(28,29)27(3)19(23)26-20/h4-8,11H,9-10H2,1-3H3,(H2,23,26)/b15-7-. The van der Waals surface area contributed by atoms with Gasteiger partial charge in [0.15, 0.2) is 17.4 Å². The molecule has 32 heavy (non-hydrogen) atoms. The molecule has 0 amide bonds. The van der Waals surface area contributed by atoms with Crippen molar-refractivity contribution in [3.05, 3.63) is 47.2 Å². The quantitative estimate of drug-likeness (QED) is 0.737. The van der Waals surface area contributed by atoms with Crippen LogP contribution in [0.3, 0.4) is 0 Å². The van der Waals surface area contributed by atoms with E-state index in [-0.39, 0.29) is 34.9 Å². The van der Waals surface area contributed by atoms with E-state index in [1.54, 1.807) is 6.92 Å². The number of hydrogen-bond donors (Lipinski definition) is 1. The molecule has 0 saturated carbocycles. The van der Waals surface area contributed by atoms with E-state index in [1.165, 1.54) is 32.3 Å². The maximum atomic E-state index is 14.9. The Morgan fingerprint density at radius 2 is 2.16 bits per heavy atom. The van der Waals surface area contributed by atoms with E-state index in [0.29, 0.717) is 12.4 Å². The molecule has 3 heterocycles. The van der Waals surface area contributed by atoms with Crippen LogP contribution < -0.4 is 15.2 Å². The Labute approximate surface area is 183 Å². The molecular formula is C20H21F2N5O4S. The van der Waals surface area contributed by atoms with Gasteiger partial charge in [0.25, 0.3) is 5.88 Å². The third kappa shape index (κ3) is 3.97. The number of rotatable bonds is 3. The fourth-order valence-electron chi connectivity index (χ4n) is 3.43. The van der Waals surface area contributed by atoms with E-state index in [0.717, 1.165) is 16.4 Å². The highest BCUT2D eigenvalue weighted by atomic mass is 32.2. The molecule has 9 nitrogen and oxygen atoms in total. The van der Waals surface area contributed by atoms with Gasteiger partial charge in [-0.15, -0.1) is 0 Å². The molecule has 12 heteroatoms. The van der Waals surface area contributed by atoms with Crippen molar-refractivity contribution in [1.29, 1.82) is 0 Å². The molecule has 0 radical (unpaired) electrons. The van der Waals surface area contributed by atoms with Gasteiger partial charge >= 0.3 is 0 Å². The van der Waals surface area contributed by atoms with Crippen LogP contribution in [0.2, 0.25) is 0 Å². The van der Waals surface area contributed by atoms with Crippen molar-refractivity contribution in [3.8, 4) is 11.6 Å². The summed E-state index contributed by atoms with van der Waals surface area (Å²) in [5.41, 5.74) is 4.49. The van der Waals surface area contributed by atoms with Gasteiger partial charge in [-0.1, -0.05) is 6.07 Å². The highest BCUT2D eigenvalue weighted by Crippen LogP contribution is 2.35. The minimum atomic E-state index is -3.80. The van der Waals surface area contributed by atoms with E-state index >= 15 is 0 Å². The minimum absolute atomic E-state index is 0.0319. The second-order valence-corrected chi connectivity index (χ2v) is 9.80. The topological polar surface area (TPSA) is 120 Å². The number of nitrogens with zero attached hydrogens (tertiary/aromatic N) is 4. The molecule has 0 saturated heterocycles. The largest absolute Gasteiger partial charge is 0.483 e. The highest BCUT2D eigenvalue weighted by molar-refractivity contribution is 7.89. The zero-order valence-corrected chi connectivity index (χ0v) is 18.4. The van der Waals surface area contributed by atoms with Gasteiger partial charge in [0, 0.05) is 12.6 Å². The second-order valence-electron chi connectivity index (χ2n) is 7.80. The summed E-state index contributed by atoms with van der Waals surface area (Å²) in [4.78, 5) is 12.2. The number of fused-ring (bicyclic) bond motifs is 1. The fourth-order valence-corrected chi connectivity index (χ4v) is 4.88. The summed E-state index contributed by atoms with van der Waals surface area (Å²) in [6.45, 7) is 3.58. The van der Waals surface area contributed by atoms with Crippen molar-refractivity contribution in [2.75, 3.05) is 19.4 Å². The third-order valence-corrected chi connectivity index (χ3v) is 7.10. The lowest BCUT2D eigenvalue weighted by molar-refractivity contribution is 0.0968. The summed E-state index contributed by atoms with van der Waals surface area (Å²) in [5.74, 6) is -2.02. The number of aromatic nitrogens is 2. The van der Waals surface area contributed by atoms with Crippen LogP contribution in [0, 0.1) is 5.82 Å². The highest BCUT2D eigenvalue weighted by Gasteiger charge is 2.41. The average molecular weight is 465 g/mol. The number of benzene rings is 1. The number of halogens is 2. The van der Waals surface area contributed by atoms with Crippen LogP contribution in [0.5, 0.6) is 11.6 Å². The van der Waals surface area contributed by atoms with Gasteiger partial charge in [-0.25, -0.2) is 31.5 Å². The lowest BCUT2D eigenvalue weighted by atomic mass is 9.92. The molecule has 0 spiro atoms. The lowest BCUT2D eigenvalue weighted by Gasteiger charge is -2.34. The third-order valence-electron chi connectivity index (χ3n) is 5.15. The summed E-state index contributed by atoms with van der Waals surface area (Å²) >= 11 is 0. The summed E-state index contributed by atoms with van der Waals surface area (Å²) < 4.78 is 66.2. The average Bonchev–Trinajstić information content (AvgIpc) is 2.72. The first-order valence-corrected chi connectivity index (χ1v) is 11.3. The smallest absolute Gasteiger partial charge is 0.261 e. The van der Waals surface area contributed by atoms with Crippen molar-refractivity contribution < 1.29 is 26.7 Å². The molecule has 1 aromatic heterocycles. The number of aliphatic imine (C=N–C) groups is 1. The van der Waals surface area contributed by atoms with Gasteiger partial charge < -0.3 is 15.2 Å². The molecule has 2 N–H and O–H groups in total. The Bertz CT molecular complexity index is 1250. The minimum Gasteiger partial charge on any atom is -0.483 e. The van der Waals surface area contributed by atoms with E-state index in [9.17, 15) is 17.2 Å². The summed E-state index contributed by atoms with van der Waals surface area (Å²) in [6, 6.07) is 3.79. The van der Waals surface area contributed by atoms with Crippen LogP contribution in [0.25, 0.3) is 11.9 Å². The molecule has 2 atom stereocenters. The molecule has 2 unspecified atom stereocenters. The number of hydrogen-bond acceptors (Lipinski definition) is 8. The van der Waals surface area contributed by atoms with Crippen LogP contribution >= 0.6 is 0 Å². The van der Waals surface area contributed by atoms with Gasteiger partial charge in [-0.2, -0.15) is 4.98 Å². The summed E-state index contributed by atoms with van der Waals surface area (Å²) in [5, 5.41) is 0. The Kier molecular flexibility index (Phi) is 5.27. The van der Waals surface area contributed by atoms with E-state index in [2.05, 4.69) is 15.0 Å². The number of sulfonamides is 1. The number of guanidine groups is 1. The van der Waals surface area contributed by atoms with Crippen LogP contribution in [0.1, 0.15) is 30.8 Å². The van der Waals surface area contributed by atoms with E-state index in [4.69, 9.17) is 15.2 Å². The maximum absolute atomic E-state index is 14.9. The first-order valence-electron chi connectivity index (χ1n) is 9.64. The fraction of sp³-hybridized carbons (Fsp3) is 0.350. The zero-order valence-electron chi connectivity index (χ0n) is 17.5. The molecule has 2 aromatic rings. The first-order chi connectivity index (χ1) is 15.0. The zero-order chi connectivity index (χ0) is 23.3. The maximum Gasteiger partial charge on any atom is 0.261 e. The predicted molar refractivity (Wildman–Crippen MR) is 114 cm³/mol. The van der Waals surface area contributed by atoms with Gasteiger partial charge in [-0.3, -0.25) is 0 Å². The number of nitrogens with two attached hydrogens (primary N) is 1. The Morgan fingerprint density at radius 1 is 1.41 bits per heavy atom. The van der Waals surface area contributed by atoms with Crippen LogP contribution in [-0.4, -0.2) is 54.2 Å². The molecule has 2 aliphatic heterocycles. The van der Waals surface area contributed by atoms with Crippen molar-refractivity contribution in [2.45, 2.75) is 25.5 Å². The predicted octanol–water partition coefficient (Wildman–Crippen LogP) is 2.05. The lowest BCUT2D eigenvalue weighted by Crippen LogP contribution is -2.50. The summed E-state index contributed by atoms with van der Waals surface area (Å²) in [6.07, 6.45) is 2.18. The van der Waals surface area contributed by atoms with Crippen molar-refractivity contribution >= 4 is 27.9 Å². The van der Waals surface area contributed by atoms with E-state index < -0.39 is 33.0 Å². The Hall–Kier alpha value is -3.28. The van der Waals surface area contributed by atoms with Crippen molar-refractivity contribution in [2.24, 2.45) is 10.7 Å². The van der Waals surface area contributed by atoms with Crippen LogP contribution in [0.4, 0.5) is 8.78 Å². The Morgan fingerprint density at radius 3 is 2.88 bits per heavy atom. The molecule has 4 rings (SSSR count). The molecule has 170 valence electrons. The van der Waals surface area contributed by atoms with Gasteiger partial charge in [0.2, 0.25) is 16.0 Å².